The topological polar surface area (TPSA) is 42.7 Å². The summed E-state index contributed by atoms with van der Waals surface area (Å²) in [7, 11) is 2.02. The van der Waals surface area contributed by atoms with E-state index in [0.717, 1.165) is 30.7 Å². The Morgan fingerprint density at radius 1 is 1.38 bits per heavy atom. The van der Waals surface area contributed by atoms with Gasteiger partial charge in [0.1, 0.15) is 11.6 Å². The van der Waals surface area contributed by atoms with Crippen molar-refractivity contribution in [2.24, 2.45) is 13.0 Å². The Morgan fingerprint density at radius 3 is 2.75 bits per heavy atom. The first-order valence-corrected chi connectivity index (χ1v) is 7.06. The highest BCUT2D eigenvalue weighted by Crippen LogP contribution is 2.21. The lowest BCUT2D eigenvalue weighted by Gasteiger charge is -2.21. The Hall–Kier alpha value is -0.550. The van der Waals surface area contributed by atoms with E-state index in [1.807, 2.05) is 18.5 Å². The van der Waals surface area contributed by atoms with Gasteiger partial charge in [-0.05, 0) is 43.7 Å². The van der Waals surface area contributed by atoms with Gasteiger partial charge < -0.3 is 9.88 Å². The first kappa shape index (κ1) is 11.9. The third-order valence-electron chi connectivity index (χ3n) is 3.24. The summed E-state index contributed by atoms with van der Waals surface area (Å²) in [6, 6.07) is 0. The van der Waals surface area contributed by atoms with E-state index in [2.05, 4.69) is 27.3 Å². The van der Waals surface area contributed by atoms with Gasteiger partial charge in [0.25, 0.3) is 0 Å². The van der Waals surface area contributed by atoms with Crippen molar-refractivity contribution in [2.45, 2.75) is 26.3 Å². The van der Waals surface area contributed by atoms with Crippen LogP contribution in [0.3, 0.4) is 0 Å². The first-order chi connectivity index (χ1) is 7.77. The molecule has 90 valence electrons. The molecule has 1 aromatic rings. The molecule has 0 aromatic carbocycles. The average Bonchev–Trinajstić information content (AvgIpc) is 2.62. The van der Waals surface area contributed by atoms with Crippen LogP contribution < -0.4 is 5.32 Å². The first-order valence-electron chi connectivity index (χ1n) is 5.90. The highest BCUT2D eigenvalue weighted by Gasteiger charge is 2.13. The fourth-order valence-corrected chi connectivity index (χ4v) is 3.15. The van der Waals surface area contributed by atoms with Crippen LogP contribution in [0.1, 0.15) is 24.5 Å². The number of rotatable bonds is 4. The molecule has 0 radical (unpaired) electrons. The van der Waals surface area contributed by atoms with Crippen molar-refractivity contribution in [1.82, 2.24) is 20.1 Å². The average molecular weight is 240 g/mol. The van der Waals surface area contributed by atoms with Gasteiger partial charge in [-0.25, -0.2) is 0 Å². The van der Waals surface area contributed by atoms with Crippen LogP contribution in [0.2, 0.25) is 0 Å². The minimum atomic E-state index is 0.834. The molecule has 1 aliphatic heterocycles. The third-order valence-corrected chi connectivity index (χ3v) is 4.29. The Balaban J connectivity index is 1.73. The second-order valence-corrected chi connectivity index (χ2v) is 5.63. The van der Waals surface area contributed by atoms with E-state index >= 15 is 0 Å². The Labute approximate surface area is 101 Å². The SMILES string of the molecule is Cc1nnc(CNCC2CCSCC2)n1C. The van der Waals surface area contributed by atoms with Crippen LogP contribution in [0.4, 0.5) is 0 Å². The van der Waals surface area contributed by atoms with E-state index < -0.39 is 0 Å². The summed E-state index contributed by atoms with van der Waals surface area (Å²) in [5, 5.41) is 11.7. The van der Waals surface area contributed by atoms with Gasteiger partial charge in [-0.1, -0.05) is 0 Å². The van der Waals surface area contributed by atoms with Crippen molar-refractivity contribution in [3.8, 4) is 0 Å². The van der Waals surface area contributed by atoms with Crippen LogP contribution in [0.25, 0.3) is 0 Å². The second-order valence-electron chi connectivity index (χ2n) is 4.41. The molecular formula is C11H20N4S. The van der Waals surface area contributed by atoms with Gasteiger partial charge in [-0.2, -0.15) is 11.8 Å². The van der Waals surface area contributed by atoms with Crippen molar-refractivity contribution in [1.29, 1.82) is 0 Å². The zero-order valence-electron chi connectivity index (χ0n) is 10.1. The smallest absolute Gasteiger partial charge is 0.146 e. The lowest BCUT2D eigenvalue weighted by Crippen LogP contribution is -2.26. The molecule has 0 unspecified atom stereocenters. The molecule has 0 spiro atoms. The molecule has 2 heterocycles. The van der Waals surface area contributed by atoms with E-state index in [1.54, 1.807) is 0 Å². The summed E-state index contributed by atoms with van der Waals surface area (Å²) in [4.78, 5) is 0. The van der Waals surface area contributed by atoms with Crippen LogP contribution in [0.15, 0.2) is 0 Å². The predicted octanol–water partition coefficient (Wildman–Crippen LogP) is 1.36. The zero-order valence-corrected chi connectivity index (χ0v) is 10.9. The molecule has 1 aromatic heterocycles. The van der Waals surface area contributed by atoms with Gasteiger partial charge in [0.15, 0.2) is 0 Å². The molecule has 16 heavy (non-hydrogen) atoms. The summed E-state index contributed by atoms with van der Waals surface area (Å²) in [6.07, 6.45) is 2.71. The van der Waals surface area contributed by atoms with Crippen molar-refractivity contribution in [2.75, 3.05) is 18.1 Å². The molecule has 0 amide bonds. The van der Waals surface area contributed by atoms with Crippen LogP contribution in [0, 0.1) is 12.8 Å². The molecule has 1 saturated heterocycles. The summed E-state index contributed by atoms with van der Waals surface area (Å²) < 4.78 is 2.05. The van der Waals surface area contributed by atoms with Gasteiger partial charge in [0, 0.05) is 7.05 Å². The Bertz CT molecular complexity index is 331. The summed E-state index contributed by atoms with van der Waals surface area (Å²) >= 11 is 2.08. The van der Waals surface area contributed by atoms with Crippen molar-refractivity contribution in [3.63, 3.8) is 0 Å². The Kier molecular flexibility index (Phi) is 4.23. The molecule has 1 aliphatic rings. The zero-order chi connectivity index (χ0) is 11.4. The summed E-state index contributed by atoms with van der Waals surface area (Å²) in [5.41, 5.74) is 0. The van der Waals surface area contributed by atoms with Crippen LogP contribution in [-0.2, 0) is 13.6 Å². The number of hydrogen-bond donors (Lipinski definition) is 1. The maximum absolute atomic E-state index is 4.14. The van der Waals surface area contributed by atoms with E-state index in [-0.39, 0.29) is 0 Å². The Morgan fingerprint density at radius 2 is 2.12 bits per heavy atom. The third kappa shape index (κ3) is 2.98. The molecule has 1 N–H and O–H groups in total. The molecule has 0 saturated carbocycles. The predicted molar refractivity (Wildman–Crippen MR) is 67.5 cm³/mol. The number of nitrogens with zero attached hydrogens (tertiary/aromatic N) is 3. The minimum Gasteiger partial charge on any atom is -0.317 e. The van der Waals surface area contributed by atoms with Gasteiger partial charge in [0.05, 0.1) is 6.54 Å². The molecule has 0 aliphatic carbocycles. The van der Waals surface area contributed by atoms with Gasteiger partial charge in [0.2, 0.25) is 0 Å². The van der Waals surface area contributed by atoms with Crippen molar-refractivity contribution < 1.29 is 0 Å². The summed E-state index contributed by atoms with van der Waals surface area (Å²) in [5.74, 6) is 5.52. The number of nitrogens with one attached hydrogen (secondary N) is 1. The lowest BCUT2D eigenvalue weighted by molar-refractivity contribution is 0.442. The maximum Gasteiger partial charge on any atom is 0.146 e. The summed E-state index contributed by atoms with van der Waals surface area (Å²) in [6.45, 7) is 3.93. The molecule has 0 atom stereocenters. The fraction of sp³-hybridized carbons (Fsp3) is 0.818. The van der Waals surface area contributed by atoms with E-state index in [0.29, 0.717) is 0 Å². The van der Waals surface area contributed by atoms with Crippen LogP contribution in [-0.4, -0.2) is 32.8 Å². The van der Waals surface area contributed by atoms with E-state index in [9.17, 15) is 0 Å². The quantitative estimate of drug-likeness (QED) is 0.863. The number of aromatic nitrogens is 3. The molecule has 0 bridgehead atoms. The number of hydrogen-bond acceptors (Lipinski definition) is 4. The van der Waals surface area contributed by atoms with Gasteiger partial charge >= 0.3 is 0 Å². The van der Waals surface area contributed by atoms with Crippen LogP contribution in [0.5, 0.6) is 0 Å². The van der Waals surface area contributed by atoms with Gasteiger partial charge in [-0.15, -0.1) is 10.2 Å². The number of aryl methyl sites for hydroxylation is 1. The molecule has 2 rings (SSSR count). The maximum atomic E-state index is 4.14. The number of thioether (sulfide) groups is 1. The molecule has 5 heteroatoms. The fourth-order valence-electron chi connectivity index (χ4n) is 1.94. The van der Waals surface area contributed by atoms with Crippen molar-refractivity contribution in [3.05, 3.63) is 11.6 Å². The van der Waals surface area contributed by atoms with Crippen molar-refractivity contribution >= 4 is 11.8 Å². The second kappa shape index (κ2) is 5.68. The molecule has 4 nitrogen and oxygen atoms in total. The minimum absolute atomic E-state index is 0.834. The van der Waals surface area contributed by atoms with E-state index in [4.69, 9.17) is 0 Å². The highest BCUT2D eigenvalue weighted by molar-refractivity contribution is 7.99. The van der Waals surface area contributed by atoms with E-state index in [1.165, 1.54) is 24.3 Å². The monoisotopic (exact) mass is 240 g/mol. The normalized spacial score (nSPS) is 17.9. The standard InChI is InChI=1S/C11H20N4S/c1-9-13-14-11(15(9)2)8-12-7-10-3-5-16-6-4-10/h10,12H,3-8H2,1-2H3. The van der Waals surface area contributed by atoms with Gasteiger partial charge in [-0.3, -0.25) is 0 Å². The lowest BCUT2D eigenvalue weighted by atomic mass is 10.0. The molecular weight excluding hydrogens is 220 g/mol. The largest absolute Gasteiger partial charge is 0.317 e. The highest BCUT2D eigenvalue weighted by atomic mass is 32.2. The molecule has 1 fully saturated rings. The van der Waals surface area contributed by atoms with Crippen LogP contribution >= 0.6 is 11.8 Å².